The molecule has 0 bridgehead atoms. The first-order valence-electron chi connectivity index (χ1n) is 6.73. The Balaban J connectivity index is 1.92. The average Bonchev–Trinajstić information content (AvgIpc) is 2.34. The molecule has 0 amide bonds. The number of aliphatic hydroxyl groups is 1. The van der Waals surface area contributed by atoms with Gasteiger partial charge in [-0.1, -0.05) is 18.2 Å². The van der Waals surface area contributed by atoms with Crippen molar-refractivity contribution in [2.45, 2.75) is 51.3 Å². The molecule has 1 aromatic rings. The van der Waals surface area contributed by atoms with Gasteiger partial charge >= 0.3 is 0 Å². The zero-order valence-electron chi connectivity index (χ0n) is 11.5. The molecule has 1 aliphatic heterocycles. The molecular formula is C15H24N2O. The van der Waals surface area contributed by atoms with E-state index < -0.39 is 0 Å². The number of β-amino-alcohol motifs (C(OH)–C–C–N with tert-alkyl or cyclic N) is 1. The summed E-state index contributed by atoms with van der Waals surface area (Å²) < 4.78 is 0. The summed E-state index contributed by atoms with van der Waals surface area (Å²) in [6, 6.07) is 8.49. The minimum absolute atomic E-state index is 0.0492. The van der Waals surface area contributed by atoms with E-state index in [-0.39, 0.29) is 17.7 Å². The fraction of sp³-hybridized carbons (Fsp3) is 0.600. The van der Waals surface area contributed by atoms with Crippen molar-refractivity contribution >= 4 is 5.69 Å². The maximum atomic E-state index is 10.2. The lowest BCUT2D eigenvalue weighted by Crippen LogP contribution is -2.47. The van der Waals surface area contributed by atoms with Gasteiger partial charge in [-0.15, -0.1) is 0 Å². The molecule has 0 aromatic heterocycles. The Labute approximate surface area is 110 Å². The zero-order valence-corrected chi connectivity index (χ0v) is 11.5. The van der Waals surface area contributed by atoms with Crippen molar-refractivity contribution in [1.82, 2.24) is 5.32 Å². The second-order valence-electron chi connectivity index (χ2n) is 6.14. The molecule has 3 N–H and O–H groups in total. The summed E-state index contributed by atoms with van der Waals surface area (Å²) in [6.45, 7) is 6.97. The average molecular weight is 248 g/mol. The summed E-state index contributed by atoms with van der Waals surface area (Å²) >= 11 is 0. The van der Waals surface area contributed by atoms with Crippen LogP contribution < -0.4 is 10.6 Å². The minimum atomic E-state index is -0.349. The van der Waals surface area contributed by atoms with Crippen LogP contribution in [-0.2, 0) is 6.42 Å². The zero-order chi connectivity index (χ0) is 13.2. The molecule has 0 spiro atoms. The predicted molar refractivity (Wildman–Crippen MR) is 75.9 cm³/mol. The molecule has 0 saturated heterocycles. The van der Waals surface area contributed by atoms with Gasteiger partial charge in [0.2, 0.25) is 0 Å². The van der Waals surface area contributed by atoms with E-state index in [1.807, 2.05) is 6.07 Å². The van der Waals surface area contributed by atoms with Crippen LogP contribution in [0.2, 0.25) is 0 Å². The quantitative estimate of drug-likeness (QED) is 0.768. The summed E-state index contributed by atoms with van der Waals surface area (Å²) in [6.07, 6.45) is 1.68. The third-order valence-corrected chi connectivity index (χ3v) is 3.39. The number of benzene rings is 1. The highest BCUT2D eigenvalue weighted by molar-refractivity contribution is 5.53. The maximum Gasteiger partial charge on any atom is 0.0865 e. The first-order chi connectivity index (χ1) is 8.46. The van der Waals surface area contributed by atoms with Crippen molar-refractivity contribution in [2.24, 2.45) is 0 Å². The Morgan fingerprint density at radius 3 is 2.83 bits per heavy atom. The Kier molecular flexibility index (Phi) is 3.93. The third kappa shape index (κ3) is 3.47. The molecule has 100 valence electrons. The van der Waals surface area contributed by atoms with E-state index in [1.165, 1.54) is 11.3 Å². The van der Waals surface area contributed by atoms with Crippen LogP contribution in [0.1, 0.15) is 32.8 Å². The molecule has 0 aliphatic carbocycles. The highest BCUT2D eigenvalue weighted by Crippen LogP contribution is 2.25. The van der Waals surface area contributed by atoms with Crippen LogP contribution in [0.3, 0.4) is 0 Å². The summed E-state index contributed by atoms with van der Waals surface area (Å²) in [7, 11) is 0. The number of hydrogen-bond acceptors (Lipinski definition) is 3. The second-order valence-corrected chi connectivity index (χ2v) is 6.14. The summed E-state index contributed by atoms with van der Waals surface area (Å²) in [5.41, 5.74) is 2.57. The molecule has 0 radical (unpaired) electrons. The number of anilines is 1. The number of fused-ring (bicyclic) bond motifs is 1. The summed E-state index contributed by atoms with van der Waals surface area (Å²) in [4.78, 5) is 0. The topological polar surface area (TPSA) is 44.3 Å². The molecule has 3 nitrogen and oxygen atoms in total. The highest BCUT2D eigenvalue weighted by Gasteiger charge is 2.24. The molecule has 2 rings (SSSR count). The first-order valence-corrected chi connectivity index (χ1v) is 6.73. The van der Waals surface area contributed by atoms with E-state index in [2.05, 4.69) is 49.6 Å². The largest absolute Gasteiger partial charge is 0.390 e. The number of aryl methyl sites for hydroxylation is 1. The highest BCUT2D eigenvalue weighted by atomic mass is 16.3. The van der Waals surface area contributed by atoms with Crippen molar-refractivity contribution < 1.29 is 5.11 Å². The Hall–Kier alpha value is -1.06. The van der Waals surface area contributed by atoms with E-state index in [1.54, 1.807) is 0 Å². The van der Waals surface area contributed by atoms with Gasteiger partial charge in [0.05, 0.1) is 12.1 Å². The van der Waals surface area contributed by atoms with Crippen LogP contribution in [0.4, 0.5) is 5.69 Å². The Morgan fingerprint density at radius 2 is 2.11 bits per heavy atom. The monoisotopic (exact) mass is 248 g/mol. The van der Waals surface area contributed by atoms with Gasteiger partial charge in [0.25, 0.3) is 0 Å². The van der Waals surface area contributed by atoms with Crippen molar-refractivity contribution in [3.63, 3.8) is 0 Å². The first kappa shape index (κ1) is 13.4. The number of rotatable bonds is 3. The summed E-state index contributed by atoms with van der Waals surface area (Å²) in [5, 5.41) is 17.0. The third-order valence-electron chi connectivity index (χ3n) is 3.39. The smallest absolute Gasteiger partial charge is 0.0865 e. The van der Waals surface area contributed by atoms with E-state index in [0.717, 1.165) is 12.8 Å². The molecule has 0 fully saturated rings. The van der Waals surface area contributed by atoms with Crippen LogP contribution in [0, 0.1) is 0 Å². The molecule has 18 heavy (non-hydrogen) atoms. The van der Waals surface area contributed by atoms with E-state index in [9.17, 15) is 5.11 Å². The van der Waals surface area contributed by atoms with Crippen LogP contribution in [-0.4, -0.2) is 29.3 Å². The lowest BCUT2D eigenvalue weighted by atomic mass is 9.94. The van der Waals surface area contributed by atoms with Crippen LogP contribution in [0.25, 0.3) is 0 Å². The van der Waals surface area contributed by atoms with Crippen LogP contribution in [0.5, 0.6) is 0 Å². The lowest BCUT2D eigenvalue weighted by Gasteiger charge is -2.32. The molecule has 1 heterocycles. The second kappa shape index (κ2) is 5.29. The molecule has 2 unspecified atom stereocenters. The number of aliphatic hydroxyl groups excluding tert-OH is 1. The standard InChI is InChI=1S/C15H24N2O/c1-15(2,3)16-10-14(18)13-9-8-11-6-4-5-7-12(11)17-13/h4-7,13-14,16-18H,8-10H2,1-3H3. The fourth-order valence-corrected chi connectivity index (χ4v) is 2.30. The van der Waals surface area contributed by atoms with Crippen LogP contribution in [0.15, 0.2) is 24.3 Å². The van der Waals surface area contributed by atoms with Crippen molar-refractivity contribution in [3.05, 3.63) is 29.8 Å². The van der Waals surface area contributed by atoms with E-state index in [0.29, 0.717) is 6.54 Å². The van der Waals surface area contributed by atoms with Gasteiger partial charge < -0.3 is 15.7 Å². The molecular weight excluding hydrogens is 224 g/mol. The van der Waals surface area contributed by atoms with Gasteiger partial charge in [-0.2, -0.15) is 0 Å². The number of nitrogens with one attached hydrogen (secondary N) is 2. The molecule has 3 heteroatoms. The molecule has 2 atom stereocenters. The molecule has 1 aliphatic rings. The Morgan fingerprint density at radius 1 is 1.39 bits per heavy atom. The van der Waals surface area contributed by atoms with Gasteiger partial charge in [-0.3, -0.25) is 0 Å². The Bertz CT molecular complexity index is 398. The molecule has 0 saturated carbocycles. The van der Waals surface area contributed by atoms with Crippen molar-refractivity contribution in [3.8, 4) is 0 Å². The normalized spacial score (nSPS) is 21.0. The maximum absolute atomic E-state index is 10.2. The van der Waals surface area contributed by atoms with E-state index >= 15 is 0 Å². The summed E-state index contributed by atoms with van der Waals surface area (Å²) in [5.74, 6) is 0. The van der Waals surface area contributed by atoms with Crippen molar-refractivity contribution in [1.29, 1.82) is 0 Å². The minimum Gasteiger partial charge on any atom is -0.390 e. The van der Waals surface area contributed by atoms with Gasteiger partial charge in [0.1, 0.15) is 0 Å². The van der Waals surface area contributed by atoms with Gasteiger partial charge in [0, 0.05) is 17.8 Å². The predicted octanol–water partition coefficient (Wildman–Crippen LogP) is 2.16. The number of para-hydroxylation sites is 1. The van der Waals surface area contributed by atoms with Crippen molar-refractivity contribution in [2.75, 3.05) is 11.9 Å². The molecule has 1 aromatic carbocycles. The lowest BCUT2D eigenvalue weighted by molar-refractivity contribution is 0.135. The van der Waals surface area contributed by atoms with Crippen LogP contribution >= 0.6 is 0 Å². The van der Waals surface area contributed by atoms with Gasteiger partial charge in [0.15, 0.2) is 0 Å². The SMILES string of the molecule is CC(C)(C)NCC(O)C1CCc2ccccc2N1. The fourth-order valence-electron chi connectivity index (χ4n) is 2.30. The van der Waals surface area contributed by atoms with Gasteiger partial charge in [-0.05, 0) is 45.2 Å². The number of hydrogen-bond donors (Lipinski definition) is 3. The van der Waals surface area contributed by atoms with E-state index in [4.69, 9.17) is 0 Å². The van der Waals surface area contributed by atoms with Gasteiger partial charge in [-0.25, -0.2) is 0 Å².